The van der Waals surface area contributed by atoms with Gasteiger partial charge in [-0.05, 0) is 49.8 Å². The van der Waals surface area contributed by atoms with Gasteiger partial charge in [0.1, 0.15) is 12.4 Å². The van der Waals surface area contributed by atoms with Crippen LogP contribution in [0.5, 0.6) is 5.75 Å². The van der Waals surface area contributed by atoms with Crippen LogP contribution in [0.25, 0.3) is 0 Å². The predicted octanol–water partition coefficient (Wildman–Crippen LogP) is 4.47. The highest BCUT2D eigenvalue weighted by molar-refractivity contribution is 5.36. The van der Waals surface area contributed by atoms with E-state index in [9.17, 15) is 5.11 Å². The molecule has 0 spiro atoms. The van der Waals surface area contributed by atoms with Crippen molar-refractivity contribution >= 4 is 0 Å². The summed E-state index contributed by atoms with van der Waals surface area (Å²) < 4.78 is 5.80. The van der Waals surface area contributed by atoms with Crippen LogP contribution >= 0.6 is 0 Å². The van der Waals surface area contributed by atoms with Crippen LogP contribution in [-0.2, 0) is 6.42 Å². The van der Waals surface area contributed by atoms with Gasteiger partial charge in [-0.3, -0.25) is 0 Å². The molecule has 0 unspecified atom stereocenters. The van der Waals surface area contributed by atoms with Gasteiger partial charge in [0, 0.05) is 0 Å². The van der Waals surface area contributed by atoms with Crippen molar-refractivity contribution in [3.63, 3.8) is 0 Å². The quantitative estimate of drug-likeness (QED) is 0.675. The Hall–Kier alpha value is -1.02. The van der Waals surface area contributed by atoms with Crippen molar-refractivity contribution in [3.05, 3.63) is 35.7 Å². The standard InChI is InChI=1S/C18H29O2/c1-5-8-9-10-16-11-12-17(15(4)13-16)20-14-18(19,6-2)7-3/h9,11-13,19H,5-8,10,14H2,1-4H3. The van der Waals surface area contributed by atoms with Gasteiger partial charge in [0.15, 0.2) is 0 Å². The highest BCUT2D eigenvalue weighted by atomic mass is 16.5. The summed E-state index contributed by atoms with van der Waals surface area (Å²) in [4.78, 5) is 0. The minimum Gasteiger partial charge on any atom is -0.490 e. The maximum absolute atomic E-state index is 10.2. The van der Waals surface area contributed by atoms with E-state index in [0.717, 1.165) is 24.2 Å². The molecule has 0 aliphatic heterocycles. The minimum atomic E-state index is -0.708. The molecule has 0 amide bonds. The lowest BCUT2D eigenvalue weighted by Gasteiger charge is -2.25. The van der Waals surface area contributed by atoms with Gasteiger partial charge >= 0.3 is 0 Å². The third-order valence-electron chi connectivity index (χ3n) is 3.92. The number of hydrogen-bond donors (Lipinski definition) is 1. The van der Waals surface area contributed by atoms with Gasteiger partial charge < -0.3 is 9.84 Å². The Morgan fingerprint density at radius 2 is 1.90 bits per heavy atom. The van der Waals surface area contributed by atoms with Crippen molar-refractivity contribution < 1.29 is 9.84 Å². The van der Waals surface area contributed by atoms with Gasteiger partial charge in [0.2, 0.25) is 0 Å². The van der Waals surface area contributed by atoms with Crippen molar-refractivity contribution in [2.75, 3.05) is 6.61 Å². The fourth-order valence-corrected chi connectivity index (χ4v) is 2.14. The summed E-state index contributed by atoms with van der Waals surface area (Å²) in [6, 6.07) is 6.32. The van der Waals surface area contributed by atoms with Gasteiger partial charge in [-0.1, -0.05) is 45.7 Å². The first-order valence-corrected chi connectivity index (χ1v) is 7.81. The van der Waals surface area contributed by atoms with Crippen LogP contribution in [0.1, 0.15) is 57.6 Å². The van der Waals surface area contributed by atoms with Gasteiger partial charge in [-0.15, -0.1) is 0 Å². The second-order valence-electron chi connectivity index (χ2n) is 5.60. The third-order valence-corrected chi connectivity index (χ3v) is 3.92. The smallest absolute Gasteiger partial charge is 0.122 e. The molecule has 1 N–H and O–H groups in total. The topological polar surface area (TPSA) is 29.5 Å². The number of benzene rings is 1. The maximum Gasteiger partial charge on any atom is 0.122 e. The van der Waals surface area contributed by atoms with Gasteiger partial charge in [0.25, 0.3) is 0 Å². The van der Waals surface area contributed by atoms with E-state index >= 15 is 0 Å². The van der Waals surface area contributed by atoms with E-state index in [-0.39, 0.29) is 0 Å². The Morgan fingerprint density at radius 3 is 2.45 bits per heavy atom. The fraction of sp³-hybridized carbons (Fsp3) is 0.611. The van der Waals surface area contributed by atoms with Crippen LogP contribution in [0, 0.1) is 13.3 Å². The fourth-order valence-electron chi connectivity index (χ4n) is 2.14. The Balaban J connectivity index is 2.59. The van der Waals surface area contributed by atoms with E-state index < -0.39 is 5.60 Å². The zero-order valence-corrected chi connectivity index (χ0v) is 13.4. The molecule has 20 heavy (non-hydrogen) atoms. The molecule has 0 saturated heterocycles. The number of aryl methyl sites for hydroxylation is 1. The van der Waals surface area contributed by atoms with Gasteiger partial charge in [-0.2, -0.15) is 0 Å². The van der Waals surface area contributed by atoms with E-state index in [1.165, 1.54) is 12.0 Å². The Morgan fingerprint density at radius 1 is 1.20 bits per heavy atom. The van der Waals surface area contributed by atoms with E-state index in [0.29, 0.717) is 19.4 Å². The zero-order valence-electron chi connectivity index (χ0n) is 13.4. The summed E-state index contributed by atoms with van der Waals surface area (Å²) in [5.74, 6) is 0.879. The lowest BCUT2D eigenvalue weighted by Crippen LogP contribution is -2.34. The summed E-state index contributed by atoms with van der Waals surface area (Å²) in [5, 5.41) is 10.2. The number of unbranched alkanes of at least 4 members (excludes halogenated alkanes) is 2. The zero-order chi connectivity index (χ0) is 15.0. The summed E-state index contributed by atoms with van der Waals surface area (Å²) in [7, 11) is 0. The van der Waals surface area contributed by atoms with Gasteiger partial charge in [0.05, 0.1) is 5.60 Å². The highest BCUT2D eigenvalue weighted by Crippen LogP contribution is 2.23. The summed E-state index contributed by atoms with van der Waals surface area (Å²) in [5.41, 5.74) is 1.76. The first-order valence-electron chi connectivity index (χ1n) is 7.81. The van der Waals surface area contributed by atoms with Crippen LogP contribution in [0.3, 0.4) is 0 Å². The SMILES string of the molecule is CCC[CH]Cc1ccc(OCC(O)(CC)CC)c(C)c1. The lowest BCUT2D eigenvalue weighted by atomic mass is 9.99. The molecule has 0 saturated carbocycles. The molecule has 1 aromatic rings. The largest absolute Gasteiger partial charge is 0.490 e. The van der Waals surface area contributed by atoms with Crippen molar-refractivity contribution in [1.82, 2.24) is 0 Å². The molecule has 0 aliphatic rings. The minimum absolute atomic E-state index is 0.363. The Labute approximate surface area is 124 Å². The second-order valence-corrected chi connectivity index (χ2v) is 5.60. The lowest BCUT2D eigenvalue weighted by molar-refractivity contribution is -0.0115. The normalized spacial score (nSPS) is 11.7. The number of hydrogen-bond acceptors (Lipinski definition) is 2. The maximum atomic E-state index is 10.2. The molecule has 0 aromatic heterocycles. The first-order chi connectivity index (χ1) is 9.54. The molecule has 2 heteroatoms. The molecule has 0 fully saturated rings. The third kappa shape index (κ3) is 5.16. The number of rotatable bonds is 9. The van der Waals surface area contributed by atoms with Crippen LogP contribution in [0.4, 0.5) is 0 Å². The first kappa shape index (κ1) is 17.0. The monoisotopic (exact) mass is 277 g/mol. The molecule has 0 atom stereocenters. The molecular weight excluding hydrogens is 248 g/mol. The molecule has 0 aliphatic carbocycles. The average molecular weight is 277 g/mol. The molecule has 1 radical (unpaired) electrons. The molecular formula is C18H29O2. The average Bonchev–Trinajstić information content (AvgIpc) is 2.46. The van der Waals surface area contributed by atoms with Crippen LogP contribution < -0.4 is 4.74 Å². The van der Waals surface area contributed by atoms with Crippen molar-refractivity contribution in [2.45, 2.75) is 65.4 Å². The van der Waals surface area contributed by atoms with Crippen LogP contribution in [-0.4, -0.2) is 17.3 Å². The predicted molar refractivity (Wildman–Crippen MR) is 85.1 cm³/mol. The summed E-state index contributed by atoms with van der Waals surface area (Å²) in [6.45, 7) is 8.61. The van der Waals surface area contributed by atoms with E-state index in [1.807, 2.05) is 19.9 Å². The Kier molecular flexibility index (Phi) is 7.08. The molecule has 0 bridgehead atoms. The molecule has 2 nitrogen and oxygen atoms in total. The van der Waals surface area contributed by atoms with E-state index in [4.69, 9.17) is 4.74 Å². The van der Waals surface area contributed by atoms with Crippen molar-refractivity contribution in [2.24, 2.45) is 0 Å². The molecule has 1 aromatic carbocycles. The summed E-state index contributed by atoms with van der Waals surface area (Å²) in [6.07, 6.45) is 7.13. The van der Waals surface area contributed by atoms with Crippen molar-refractivity contribution in [3.8, 4) is 5.75 Å². The second kappa shape index (κ2) is 8.31. The van der Waals surface area contributed by atoms with Crippen LogP contribution in [0.15, 0.2) is 18.2 Å². The highest BCUT2D eigenvalue weighted by Gasteiger charge is 2.23. The van der Waals surface area contributed by atoms with E-state index in [2.05, 4.69) is 32.4 Å². The Bertz CT molecular complexity index is 394. The van der Waals surface area contributed by atoms with Crippen LogP contribution in [0.2, 0.25) is 0 Å². The molecule has 1 rings (SSSR count). The van der Waals surface area contributed by atoms with E-state index in [1.54, 1.807) is 0 Å². The van der Waals surface area contributed by atoms with Gasteiger partial charge in [-0.25, -0.2) is 0 Å². The number of aliphatic hydroxyl groups is 1. The molecule has 113 valence electrons. The molecule has 0 heterocycles. The van der Waals surface area contributed by atoms with Crippen molar-refractivity contribution in [1.29, 1.82) is 0 Å². The summed E-state index contributed by atoms with van der Waals surface area (Å²) >= 11 is 0. The number of ether oxygens (including phenoxy) is 1.